The molecule has 1 aliphatic carbocycles. The molecule has 6 heteroatoms. The van der Waals surface area contributed by atoms with Crippen LogP contribution in [0.1, 0.15) is 34.3 Å². The molecule has 24 heavy (non-hydrogen) atoms. The van der Waals surface area contributed by atoms with E-state index < -0.39 is 0 Å². The summed E-state index contributed by atoms with van der Waals surface area (Å²) in [5.74, 6) is -0.148. The molecule has 1 aliphatic rings. The molecule has 1 aromatic heterocycles. The summed E-state index contributed by atoms with van der Waals surface area (Å²) in [6.45, 7) is 0. The second-order valence-electron chi connectivity index (χ2n) is 5.87. The van der Waals surface area contributed by atoms with Crippen LogP contribution in [-0.2, 0) is 12.8 Å². The number of halogens is 2. The molecular formula is C18H14Cl2N2OS. The van der Waals surface area contributed by atoms with Crippen molar-refractivity contribution in [1.29, 1.82) is 0 Å². The Morgan fingerprint density at radius 3 is 2.71 bits per heavy atom. The highest BCUT2D eigenvalue weighted by Crippen LogP contribution is 2.35. The van der Waals surface area contributed by atoms with Crippen molar-refractivity contribution in [2.24, 2.45) is 0 Å². The molecule has 1 amide bonds. The number of aromatic nitrogens is 1. The van der Waals surface area contributed by atoms with Crippen molar-refractivity contribution in [3.8, 4) is 0 Å². The number of aryl methyl sites for hydroxylation is 2. The van der Waals surface area contributed by atoms with E-state index in [1.54, 1.807) is 6.07 Å². The fourth-order valence-corrected chi connectivity index (χ4v) is 4.32. The number of fused-ring (bicyclic) bond motifs is 2. The Morgan fingerprint density at radius 1 is 1.08 bits per heavy atom. The molecule has 0 aliphatic heterocycles. The number of nitrogens with one attached hydrogen (secondary N) is 1. The van der Waals surface area contributed by atoms with Gasteiger partial charge >= 0.3 is 0 Å². The lowest BCUT2D eigenvalue weighted by atomic mass is 9.90. The average Bonchev–Trinajstić information content (AvgIpc) is 3.01. The molecule has 0 saturated heterocycles. The lowest BCUT2D eigenvalue weighted by Gasteiger charge is -2.16. The van der Waals surface area contributed by atoms with Gasteiger partial charge in [0.25, 0.3) is 5.91 Å². The Morgan fingerprint density at radius 2 is 1.88 bits per heavy atom. The van der Waals surface area contributed by atoms with Crippen LogP contribution >= 0.6 is 34.5 Å². The second kappa shape index (κ2) is 6.36. The number of benzene rings is 2. The van der Waals surface area contributed by atoms with Crippen molar-refractivity contribution in [3.63, 3.8) is 0 Å². The zero-order valence-corrected chi connectivity index (χ0v) is 15.1. The molecule has 0 radical (unpaired) electrons. The number of thiazole rings is 1. The summed E-state index contributed by atoms with van der Waals surface area (Å²) in [6, 6.07) is 9.55. The van der Waals surface area contributed by atoms with E-state index in [0.29, 0.717) is 26.3 Å². The molecule has 2 aromatic carbocycles. The molecule has 122 valence electrons. The largest absolute Gasteiger partial charge is 0.298 e. The van der Waals surface area contributed by atoms with Crippen molar-refractivity contribution in [2.45, 2.75) is 25.7 Å². The fraction of sp³-hybridized carbons (Fsp3) is 0.222. The lowest BCUT2D eigenvalue weighted by molar-refractivity contribution is 0.102. The summed E-state index contributed by atoms with van der Waals surface area (Å²) < 4.78 is 0.894. The summed E-state index contributed by atoms with van der Waals surface area (Å²) in [5, 5.41) is 4.27. The molecule has 1 N–H and O–H groups in total. The van der Waals surface area contributed by atoms with Crippen molar-refractivity contribution in [2.75, 3.05) is 5.32 Å². The predicted octanol–water partition coefficient (Wildman–Crippen LogP) is 5.73. The van der Waals surface area contributed by atoms with Crippen molar-refractivity contribution in [3.05, 3.63) is 57.1 Å². The van der Waals surface area contributed by atoms with Crippen LogP contribution in [-0.4, -0.2) is 10.9 Å². The van der Waals surface area contributed by atoms with E-state index >= 15 is 0 Å². The second-order valence-corrected chi connectivity index (χ2v) is 7.69. The summed E-state index contributed by atoms with van der Waals surface area (Å²) >= 11 is 13.6. The zero-order chi connectivity index (χ0) is 16.7. The normalized spacial score (nSPS) is 13.8. The molecular weight excluding hydrogens is 363 g/mol. The quantitative estimate of drug-likeness (QED) is 0.619. The van der Waals surface area contributed by atoms with Gasteiger partial charge in [0.15, 0.2) is 5.13 Å². The van der Waals surface area contributed by atoms with Gasteiger partial charge in [-0.15, -0.1) is 0 Å². The van der Waals surface area contributed by atoms with Gasteiger partial charge in [0.05, 0.1) is 14.7 Å². The highest BCUT2D eigenvalue weighted by molar-refractivity contribution is 7.22. The molecule has 0 atom stereocenters. The zero-order valence-electron chi connectivity index (χ0n) is 12.7. The van der Waals surface area contributed by atoms with Gasteiger partial charge < -0.3 is 0 Å². The number of carbonyl (C=O) groups is 1. The van der Waals surface area contributed by atoms with Crippen LogP contribution in [0.25, 0.3) is 10.2 Å². The van der Waals surface area contributed by atoms with E-state index in [1.807, 2.05) is 18.2 Å². The van der Waals surface area contributed by atoms with Crippen LogP contribution in [0.3, 0.4) is 0 Å². The molecule has 4 rings (SSSR count). The number of hydrogen-bond donors (Lipinski definition) is 1. The van der Waals surface area contributed by atoms with Crippen molar-refractivity contribution < 1.29 is 4.79 Å². The topological polar surface area (TPSA) is 42.0 Å². The minimum atomic E-state index is -0.148. The van der Waals surface area contributed by atoms with E-state index in [4.69, 9.17) is 23.2 Å². The minimum Gasteiger partial charge on any atom is -0.298 e. The first kappa shape index (κ1) is 15.9. The van der Waals surface area contributed by atoms with E-state index in [9.17, 15) is 4.79 Å². The Labute approximate surface area is 153 Å². The molecule has 3 nitrogen and oxygen atoms in total. The first-order valence-electron chi connectivity index (χ1n) is 7.79. The first-order chi connectivity index (χ1) is 11.6. The fourth-order valence-electron chi connectivity index (χ4n) is 3.03. The van der Waals surface area contributed by atoms with Crippen LogP contribution in [0, 0.1) is 0 Å². The van der Waals surface area contributed by atoms with Gasteiger partial charge in [0.2, 0.25) is 0 Å². The number of carbonyl (C=O) groups excluding carboxylic acids is 1. The number of rotatable bonds is 2. The van der Waals surface area contributed by atoms with Crippen LogP contribution in [0.4, 0.5) is 5.13 Å². The van der Waals surface area contributed by atoms with Crippen LogP contribution in [0.15, 0.2) is 30.3 Å². The average molecular weight is 377 g/mol. The maximum absolute atomic E-state index is 12.5. The van der Waals surface area contributed by atoms with Gasteiger partial charge in [-0.3, -0.25) is 10.1 Å². The van der Waals surface area contributed by atoms with Gasteiger partial charge in [0.1, 0.15) is 5.52 Å². The number of anilines is 1. The Hall–Kier alpha value is -1.62. The highest BCUT2D eigenvalue weighted by atomic mass is 35.5. The van der Waals surface area contributed by atoms with E-state index in [0.717, 1.165) is 17.5 Å². The Balaban J connectivity index is 1.61. The molecule has 0 spiro atoms. The first-order valence-corrected chi connectivity index (χ1v) is 9.37. The van der Waals surface area contributed by atoms with Crippen molar-refractivity contribution in [1.82, 2.24) is 4.98 Å². The minimum absolute atomic E-state index is 0.148. The number of amides is 1. The van der Waals surface area contributed by atoms with E-state index in [2.05, 4.69) is 16.4 Å². The predicted molar refractivity (Wildman–Crippen MR) is 101 cm³/mol. The van der Waals surface area contributed by atoms with Crippen LogP contribution < -0.4 is 5.32 Å². The monoisotopic (exact) mass is 376 g/mol. The van der Waals surface area contributed by atoms with Crippen LogP contribution in [0.2, 0.25) is 10.0 Å². The maximum Gasteiger partial charge on any atom is 0.257 e. The third kappa shape index (κ3) is 2.90. The third-order valence-corrected chi connectivity index (χ3v) is 6.01. The number of nitrogens with zero attached hydrogens (tertiary/aromatic N) is 1. The lowest BCUT2D eigenvalue weighted by Crippen LogP contribution is -2.13. The highest BCUT2D eigenvalue weighted by Gasteiger charge is 2.15. The summed E-state index contributed by atoms with van der Waals surface area (Å²) in [4.78, 5) is 16.9. The maximum atomic E-state index is 12.5. The van der Waals surface area contributed by atoms with Gasteiger partial charge in [-0.2, -0.15) is 0 Å². The van der Waals surface area contributed by atoms with Gasteiger partial charge in [-0.1, -0.05) is 40.6 Å². The summed E-state index contributed by atoms with van der Waals surface area (Å²) in [5.41, 5.74) is 3.93. The van der Waals surface area contributed by atoms with Crippen LogP contribution in [0.5, 0.6) is 0 Å². The number of hydrogen-bond acceptors (Lipinski definition) is 3. The third-order valence-electron chi connectivity index (χ3n) is 4.28. The van der Waals surface area contributed by atoms with Crippen molar-refractivity contribution >= 4 is 55.8 Å². The molecule has 0 bridgehead atoms. The molecule has 0 fully saturated rings. The smallest absolute Gasteiger partial charge is 0.257 e. The van der Waals surface area contributed by atoms with Gasteiger partial charge in [-0.25, -0.2) is 4.98 Å². The molecule has 0 saturated carbocycles. The standard InChI is InChI=1S/C18H14Cl2N2OS/c19-13-7-8-14-16(15(13)20)21-18(24-14)22-17(23)12-6-5-10-3-1-2-4-11(10)9-12/h5-9H,1-4H2,(H,21,22,23). The summed E-state index contributed by atoms with van der Waals surface area (Å²) in [7, 11) is 0. The van der Waals surface area contributed by atoms with Gasteiger partial charge in [-0.05, 0) is 61.1 Å². The van der Waals surface area contributed by atoms with E-state index in [1.165, 1.54) is 35.3 Å². The molecule has 0 unspecified atom stereocenters. The molecule has 3 aromatic rings. The Kier molecular flexibility index (Phi) is 4.21. The summed E-state index contributed by atoms with van der Waals surface area (Å²) in [6.07, 6.45) is 4.57. The SMILES string of the molecule is O=C(Nc1nc2c(Cl)c(Cl)ccc2s1)c1ccc2c(c1)CCCC2. The van der Waals surface area contributed by atoms with Gasteiger partial charge in [0, 0.05) is 5.56 Å². The molecule has 1 heterocycles. The Bertz CT molecular complexity index is 952. The van der Waals surface area contributed by atoms with E-state index in [-0.39, 0.29) is 5.91 Å².